The number of halogens is 4. The fourth-order valence-electron chi connectivity index (χ4n) is 7.67. The Morgan fingerprint density at radius 1 is 0.726 bits per heavy atom. The number of isocyanates is 1. The lowest BCUT2D eigenvalue weighted by molar-refractivity contribution is -0.132. The summed E-state index contributed by atoms with van der Waals surface area (Å²) < 4.78 is 0. The Balaban J connectivity index is 0.000000175. The monoisotopic (exact) mass is 918 g/mol. The summed E-state index contributed by atoms with van der Waals surface area (Å²) in [5.74, 6) is -0.893. The number of H-pyrrole nitrogens is 2. The molecular weight excluding hydrogens is 874 g/mol. The first-order valence-corrected chi connectivity index (χ1v) is 21.7. The number of nitrogens with two attached hydrogens (primary N) is 2. The van der Waals surface area contributed by atoms with E-state index in [1.54, 1.807) is 36.7 Å². The van der Waals surface area contributed by atoms with E-state index >= 15 is 0 Å². The summed E-state index contributed by atoms with van der Waals surface area (Å²) in [5, 5.41) is 10.9. The van der Waals surface area contributed by atoms with Gasteiger partial charge in [-0.15, -0.1) is 0 Å². The number of pyridine rings is 2. The molecule has 1 atom stereocenters. The summed E-state index contributed by atoms with van der Waals surface area (Å²) >= 11 is 23.5. The van der Waals surface area contributed by atoms with Crippen molar-refractivity contribution >= 4 is 104 Å². The molecule has 1 saturated carbocycles. The standard InChI is InChI=1S/C22H23Cl2N5O2.C14H18N4O.C8H5Cl2NO/c23-14-8-13(9-15(24)10-14)3-4-19(30)29-7-1-2-16(12-29)28-20-17-5-6-26-22(17)27-11-18(20)21(25)31;15-13(19)11-8-17-14-10(6-7-16-14)12(11)18-9-4-2-1-3-5-9;9-7-1-6(4-11-5-12)2-8(10)3-7/h5-6,8-11,16H,1-4,7,12H2,(H2,25,31)(H2,26,27,28);6-9H,1-5H2,(H2,15,19)(H2,16,17,18);1-3H,4H2. The third-order valence-electron chi connectivity index (χ3n) is 10.6. The second-order valence-corrected chi connectivity index (χ2v) is 16.8. The number of carbonyl (C=O) groups excluding carboxylic acids is 4. The first-order valence-electron chi connectivity index (χ1n) is 20.1. The Bertz CT molecular complexity index is 2550. The quantitative estimate of drug-likeness (QED) is 0.0542. The van der Waals surface area contributed by atoms with Gasteiger partial charge in [0.2, 0.25) is 12.0 Å². The number of aromatic nitrogens is 4. The molecule has 1 unspecified atom stereocenters. The van der Waals surface area contributed by atoms with Crippen molar-refractivity contribution in [3.63, 3.8) is 0 Å². The lowest BCUT2D eigenvalue weighted by atomic mass is 9.95. The van der Waals surface area contributed by atoms with Crippen LogP contribution in [0.2, 0.25) is 20.1 Å². The zero-order chi connectivity index (χ0) is 44.2. The van der Waals surface area contributed by atoms with Crippen LogP contribution in [0.15, 0.2) is 78.3 Å². The summed E-state index contributed by atoms with van der Waals surface area (Å²) in [7, 11) is 0. The molecule has 2 aromatic carbocycles. The maximum absolute atomic E-state index is 12.8. The number of hydrogen-bond acceptors (Lipinski definition) is 9. The zero-order valence-corrected chi connectivity index (χ0v) is 36.7. The van der Waals surface area contributed by atoms with Gasteiger partial charge in [0.25, 0.3) is 11.8 Å². The number of nitrogens with one attached hydrogen (secondary N) is 4. The number of aliphatic imine (C=N–C) groups is 1. The average Bonchev–Trinajstić information content (AvgIpc) is 3.93. The van der Waals surface area contributed by atoms with Crippen molar-refractivity contribution in [1.82, 2.24) is 24.8 Å². The third-order valence-corrected chi connectivity index (χ3v) is 11.5. The molecular formula is C44H46Cl4N10O4. The molecule has 18 heteroatoms. The molecule has 14 nitrogen and oxygen atoms in total. The highest BCUT2D eigenvalue weighted by Gasteiger charge is 2.26. The number of hydrogen-bond donors (Lipinski definition) is 6. The minimum Gasteiger partial charge on any atom is -0.381 e. The Hall–Kier alpha value is -5.63. The summed E-state index contributed by atoms with van der Waals surface area (Å²) in [6.07, 6.45) is 16.9. The van der Waals surface area contributed by atoms with E-state index in [9.17, 15) is 19.2 Å². The first-order chi connectivity index (χ1) is 29.9. The molecule has 0 spiro atoms. The number of aryl methyl sites for hydroxylation is 1. The summed E-state index contributed by atoms with van der Waals surface area (Å²) in [4.78, 5) is 65.9. The van der Waals surface area contributed by atoms with Gasteiger partial charge in [-0.3, -0.25) is 14.4 Å². The second kappa shape index (κ2) is 21.9. The van der Waals surface area contributed by atoms with Gasteiger partial charge in [-0.05, 0) is 91.8 Å². The number of benzene rings is 2. The van der Waals surface area contributed by atoms with Crippen molar-refractivity contribution in [2.75, 3.05) is 23.7 Å². The van der Waals surface area contributed by atoms with Crippen molar-refractivity contribution in [1.29, 1.82) is 0 Å². The molecule has 1 saturated heterocycles. The third kappa shape index (κ3) is 12.5. The topological polar surface area (TPSA) is 217 Å². The molecule has 324 valence electrons. The maximum atomic E-state index is 12.8. The van der Waals surface area contributed by atoms with Crippen LogP contribution in [0.1, 0.15) is 83.2 Å². The molecule has 8 rings (SSSR count). The fraction of sp³-hybridized carbons (Fsp3) is 0.318. The average molecular weight is 921 g/mol. The van der Waals surface area contributed by atoms with Gasteiger partial charge >= 0.3 is 0 Å². The minimum absolute atomic E-state index is 0.0110. The van der Waals surface area contributed by atoms with Crippen molar-refractivity contribution < 1.29 is 19.2 Å². The number of aromatic amines is 2. The lowest BCUT2D eigenvalue weighted by Gasteiger charge is -2.34. The molecule has 6 aromatic rings. The van der Waals surface area contributed by atoms with Crippen LogP contribution in [-0.2, 0) is 22.6 Å². The van der Waals surface area contributed by atoms with Gasteiger partial charge in [0.15, 0.2) is 0 Å². The van der Waals surface area contributed by atoms with Crippen molar-refractivity contribution in [2.45, 2.75) is 76.4 Å². The molecule has 0 bridgehead atoms. The van der Waals surface area contributed by atoms with E-state index in [0.29, 0.717) is 74.5 Å². The van der Waals surface area contributed by atoms with E-state index < -0.39 is 11.8 Å². The molecule has 5 heterocycles. The van der Waals surface area contributed by atoms with Gasteiger partial charge in [-0.2, -0.15) is 0 Å². The molecule has 0 radical (unpaired) electrons. The Morgan fingerprint density at radius 2 is 1.23 bits per heavy atom. The van der Waals surface area contributed by atoms with Crippen LogP contribution in [0.5, 0.6) is 0 Å². The van der Waals surface area contributed by atoms with Gasteiger partial charge in [0.1, 0.15) is 11.3 Å². The van der Waals surface area contributed by atoms with E-state index in [0.717, 1.165) is 58.9 Å². The lowest BCUT2D eigenvalue weighted by Crippen LogP contribution is -2.45. The molecule has 1 aliphatic carbocycles. The molecule has 62 heavy (non-hydrogen) atoms. The molecule has 8 N–H and O–H groups in total. The number of piperidine rings is 1. The number of nitrogens with zero attached hydrogens (tertiary/aromatic N) is 4. The smallest absolute Gasteiger partial charge is 0.252 e. The van der Waals surface area contributed by atoms with Crippen LogP contribution in [0.25, 0.3) is 22.1 Å². The number of likely N-dealkylation sites (tertiary alicyclic amines) is 1. The van der Waals surface area contributed by atoms with Gasteiger partial charge in [0, 0.05) is 87.2 Å². The van der Waals surface area contributed by atoms with Gasteiger partial charge in [-0.25, -0.2) is 19.8 Å². The number of amides is 3. The number of fused-ring (bicyclic) bond motifs is 2. The predicted octanol–water partition coefficient (Wildman–Crippen LogP) is 9.24. The summed E-state index contributed by atoms with van der Waals surface area (Å²) in [6.45, 7) is 1.54. The van der Waals surface area contributed by atoms with Crippen LogP contribution in [0.3, 0.4) is 0 Å². The number of anilines is 2. The van der Waals surface area contributed by atoms with Crippen molar-refractivity contribution in [3.05, 3.63) is 116 Å². The second-order valence-electron chi connectivity index (χ2n) is 15.1. The molecule has 3 amide bonds. The predicted molar refractivity (Wildman–Crippen MR) is 246 cm³/mol. The Morgan fingerprint density at radius 3 is 1.74 bits per heavy atom. The van der Waals surface area contributed by atoms with E-state index in [1.807, 2.05) is 35.4 Å². The largest absolute Gasteiger partial charge is 0.381 e. The van der Waals surface area contributed by atoms with E-state index in [1.165, 1.54) is 31.5 Å². The van der Waals surface area contributed by atoms with Crippen LogP contribution in [0.4, 0.5) is 11.4 Å². The molecule has 1 aliphatic heterocycles. The number of carbonyl (C=O) groups is 3. The van der Waals surface area contributed by atoms with E-state index in [2.05, 4.69) is 35.6 Å². The van der Waals surface area contributed by atoms with E-state index in [4.69, 9.17) is 57.9 Å². The first kappa shape index (κ1) is 45.9. The molecule has 2 fully saturated rings. The molecule has 4 aromatic heterocycles. The van der Waals surface area contributed by atoms with Crippen LogP contribution < -0.4 is 22.1 Å². The van der Waals surface area contributed by atoms with Crippen molar-refractivity contribution in [2.24, 2.45) is 16.5 Å². The van der Waals surface area contributed by atoms with Crippen LogP contribution in [0, 0.1) is 0 Å². The summed E-state index contributed by atoms with van der Waals surface area (Å²) in [6, 6.07) is 14.6. The Kier molecular flexibility index (Phi) is 16.2. The van der Waals surface area contributed by atoms with Gasteiger partial charge in [0.05, 0.1) is 29.0 Å². The van der Waals surface area contributed by atoms with E-state index in [-0.39, 0.29) is 18.5 Å². The SMILES string of the molecule is NC(=O)c1cnc2[nH]ccc2c1NC1CCCCC1.NC(=O)c1cnc2[nH]ccc2c1NC1CCCN(C(=O)CCc2cc(Cl)cc(Cl)c2)C1.O=C=NCc1cc(Cl)cc(Cl)c1. The Labute approximate surface area is 378 Å². The minimum atomic E-state index is -0.540. The van der Waals surface area contributed by atoms with Gasteiger partial charge < -0.3 is 37.0 Å². The van der Waals surface area contributed by atoms with Crippen LogP contribution >= 0.6 is 46.4 Å². The maximum Gasteiger partial charge on any atom is 0.252 e. The zero-order valence-electron chi connectivity index (χ0n) is 33.7. The highest BCUT2D eigenvalue weighted by Crippen LogP contribution is 2.30. The van der Waals surface area contributed by atoms with Crippen LogP contribution in [-0.4, -0.2) is 73.8 Å². The molecule has 2 aliphatic rings. The number of rotatable bonds is 11. The normalized spacial score (nSPS) is 15.1. The number of primary amides is 2. The highest BCUT2D eigenvalue weighted by molar-refractivity contribution is 6.35. The van der Waals surface area contributed by atoms with Crippen molar-refractivity contribution in [3.8, 4) is 0 Å². The fourth-order valence-corrected chi connectivity index (χ4v) is 8.81. The van der Waals surface area contributed by atoms with Gasteiger partial charge in [-0.1, -0.05) is 65.7 Å². The highest BCUT2D eigenvalue weighted by atomic mass is 35.5. The summed E-state index contributed by atoms with van der Waals surface area (Å²) in [5.41, 5.74) is 16.5.